The summed E-state index contributed by atoms with van der Waals surface area (Å²) < 4.78 is 0. The van der Waals surface area contributed by atoms with E-state index in [1.807, 2.05) is 36.4 Å². The molecule has 3 N–H and O–H groups in total. The lowest BCUT2D eigenvalue weighted by atomic mass is 9.71. The quantitative estimate of drug-likeness (QED) is 0.274. The summed E-state index contributed by atoms with van der Waals surface area (Å²) in [5.74, 6) is 0.732. The van der Waals surface area contributed by atoms with Gasteiger partial charge in [0.2, 0.25) is 0 Å². The van der Waals surface area contributed by atoms with Gasteiger partial charge in [0.25, 0.3) is 0 Å². The van der Waals surface area contributed by atoms with Crippen LogP contribution < -0.4 is 0 Å². The highest BCUT2D eigenvalue weighted by atomic mass is 16.3. The lowest BCUT2D eigenvalue weighted by Gasteiger charge is -2.33. The number of phenolic OH excluding ortho intramolecular Hbond substituents is 3. The molecule has 194 valence electrons. The smallest absolute Gasteiger partial charge is 0.115 e. The highest BCUT2D eigenvalue weighted by Crippen LogP contribution is 2.41. The van der Waals surface area contributed by atoms with Crippen molar-refractivity contribution in [2.75, 3.05) is 0 Å². The van der Waals surface area contributed by atoms with Crippen molar-refractivity contribution in [2.24, 2.45) is 0 Å². The number of hydrogen-bond donors (Lipinski definition) is 3. The van der Waals surface area contributed by atoms with Crippen molar-refractivity contribution < 1.29 is 15.3 Å². The Morgan fingerprint density at radius 2 is 0.865 bits per heavy atom. The Bertz CT molecular complexity index is 1300. The zero-order valence-corrected chi connectivity index (χ0v) is 23.1. The van der Waals surface area contributed by atoms with E-state index in [4.69, 9.17) is 0 Å². The first-order valence-electron chi connectivity index (χ1n) is 12.6. The number of rotatable bonds is 8. The van der Waals surface area contributed by atoms with Crippen molar-refractivity contribution in [2.45, 2.75) is 64.7 Å². The van der Waals surface area contributed by atoms with Gasteiger partial charge in [-0.15, -0.1) is 0 Å². The normalized spacial score (nSPS) is 13.5. The molecule has 0 saturated heterocycles. The second-order valence-electron chi connectivity index (χ2n) is 11.5. The minimum Gasteiger partial charge on any atom is -0.508 e. The molecular weight excluding hydrogens is 456 g/mol. The molecule has 0 bridgehead atoms. The molecule has 0 aliphatic rings. The van der Waals surface area contributed by atoms with Gasteiger partial charge >= 0.3 is 0 Å². The summed E-state index contributed by atoms with van der Waals surface area (Å²) in [6.45, 7) is 19.6. The maximum atomic E-state index is 9.88. The third kappa shape index (κ3) is 5.99. The van der Waals surface area contributed by atoms with Crippen molar-refractivity contribution in [3.8, 4) is 17.2 Å². The zero-order valence-electron chi connectivity index (χ0n) is 23.1. The van der Waals surface area contributed by atoms with Gasteiger partial charge in [-0.25, -0.2) is 0 Å². The SMILES string of the molecule is C=C(/C=C(\C=C(/C)C(C)(C)c1ccc(O)cc1)C(C)(C)c1ccc(O)cc1)C(C)(C)c1ccc(O)cc1. The second-order valence-corrected chi connectivity index (χ2v) is 11.5. The predicted molar refractivity (Wildman–Crippen MR) is 154 cm³/mol. The Morgan fingerprint density at radius 3 is 1.24 bits per heavy atom. The number of allylic oxidation sites excluding steroid dienone is 5. The van der Waals surface area contributed by atoms with Crippen LogP contribution in [0.5, 0.6) is 17.2 Å². The second kappa shape index (κ2) is 10.3. The molecule has 3 heteroatoms. The molecule has 0 aliphatic carbocycles. The predicted octanol–water partition coefficient (Wildman–Crippen LogP) is 8.47. The van der Waals surface area contributed by atoms with E-state index in [0.717, 1.165) is 27.8 Å². The third-order valence-electron chi connectivity index (χ3n) is 7.98. The Labute approximate surface area is 222 Å². The molecule has 0 saturated carbocycles. The molecule has 0 heterocycles. The first kappa shape index (κ1) is 27.9. The van der Waals surface area contributed by atoms with Crippen LogP contribution in [0, 0.1) is 0 Å². The summed E-state index contributed by atoms with van der Waals surface area (Å²) in [5, 5.41) is 29.4. The van der Waals surface area contributed by atoms with Crippen molar-refractivity contribution in [1.29, 1.82) is 0 Å². The fourth-order valence-corrected chi connectivity index (χ4v) is 4.40. The van der Waals surface area contributed by atoms with E-state index in [-0.39, 0.29) is 33.5 Å². The number of hydrogen-bond acceptors (Lipinski definition) is 3. The van der Waals surface area contributed by atoms with Crippen LogP contribution in [-0.2, 0) is 16.2 Å². The van der Waals surface area contributed by atoms with Gasteiger partial charge in [-0.2, -0.15) is 0 Å². The monoisotopic (exact) mass is 496 g/mol. The summed E-state index contributed by atoms with van der Waals surface area (Å²) in [4.78, 5) is 0. The summed E-state index contributed by atoms with van der Waals surface area (Å²) >= 11 is 0. The Balaban J connectivity index is 2.14. The Morgan fingerprint density at radius 1 is 0.541 bits per heavy atom. The van der Waals surface area contributed by atoms with Gasteiger partial charge in [0.1, 0.15) is 17.2 Å². The van der Waals surface area contributed by atoms with Gasteiger partial charge in [-0.3, -0.25) is 0 Å². The van der Waals surface area contributed by atoms with Crippen molar-refractivity contribution in [1.82, 2.24) is 0 Å². The van der Waals surface area contributed by atoms with Gasteiger partial charge in [-0.1, -0.05) is 102 Å². The molecule has 0 aromatic heterocycles. The highest BCUT2D eigenvalue weighted by Gasteiger charge is 2.30. The molecule has 0 amide bonds. The molecule has 3 rings (SSSR count). The van der Waals surface area contributed by atoms with Crippen LogP contribution in [0.2, 0.25) is 0 Å². The maximum Gasteiger partial charge on any atom is 0.115 e. The molecule has 0 atom stereocenters. The minimum absolute atomic E-state index is 0.239. The maximum absolute atomic E-state index is 9.88. The van der Waals surface area contributed by atoms with E-state index in [0.29, 0.717) is 0 Å². The standard InChI is InChI=1S/C34H40O3/c1-23(32(3,4)25-9-15-29(35)16-10-25)21-28(34(7,8)27-13-19-31(37)20-14-27)22-24(2)33(5,6)26-11-17-30(36)18-12-26/h9-22,35-37H,1H2,2-8H3/b24-22+,28-21+. The first-order valence-corrected chi connectivity index (χ1v) is 12.6. The molecular formula is C34H40O3. The minimum atomic E-state index is -0.381. The lowest BCUT2D eigenvalue weighted by molar-refractivity contribution is 0.474. The number of benzene rings is 3. The first-order chi connectivity index (χ1) is 17.2. The summed E-state index contributed by atoms with van der Waals surface area (Å²) in [6, 6.07) is 22.1. The van der Waals surface area contributed by atoms with Crippen LogP contribution in [0.3, 0.4) is 0 Å². The molecule has 0 radical (unpaired) electrons. The van der Waals surface area contributed by atoms with Gasteiger partial charge < -0.3 is 15.3 Å². The van der Waals surface area contributed by atoms with Gasteiger partial charge in [0, 0.05) is 16.2 Å². The van der Waals surface area contributed by atoms with E-state index in [1.165, 1.54) is 5.57 Å². The average molecular weight is 497 g/mol. The van der Waals surface area contributed by atoms with Crippen molar-refractivity contribution >= 4 is 0 Å². The van der Waals surface area contributed by atoms with Crippen LogP contribution in [-0.4, -0.2) is 15.3 Å². The molecule has 3 nitrogen and oxygen atoms in total. The van der Waals surface area contributed by atoms with Crippen LogP contribution in [0.25, 0.3) is 0 Å². The molecule has 3 aromatic rings. The molecule has 0 unspecified atom stereocenters. The zero-order chi connectivity index (χ0) is 27.6. The van der Waals surface area contributed by atoms with Gasteiger partial charge in [0.15, 0.2) is 0 Å². The van der Waals surface area contributed by atoms with Crippen LogP contribution >= 0.6 is 0 Å². The summed E-state index contributed by atoms with van der Waals surface area (Å²) in [7, 11) is 0. The molecule has 0 spiro atoms. The van der Waals surface area contributed by atoms with E-state index >= 15 is 0 Å². The number of phenols is 3. The fourth-order valence-electron chi connectivity index (χ4n) is 4.40. The Hall–Kier alpha value is -3.72. The Kier molecular flexibility index (Phi) is 7.78. The average Bonchev–Trinajstić information content (AvgIpc) is 2.84. The largest absolute Gasteiger partial charge is 0.508 e. The summed E-state index contributed by atoms with van der Waals surface area (Å²) in [6.07, 6.45) is 4.42. The lowest BCUT2D eigenvalue weighted by Crippen LogP contribution is -2.25. The number of aromatic hydroxyl groups is 3. The van der Waals surface area contributed by atoms with Crippen LogP contribution in [0.4, 0.5) is 0 Å². The van der Waals surface area contributed by atoms with E-state index < -0.39 is 0 Å². The summed E-state index contributed by atoms with van der Waals surface area (Å²) in [5.41, 5.74) is 5.47. The van der Waals surface area contributed by atoms with Crippen molar-refractivity contribution in [3.05, 3.63) is 125 Å². The van der Waals surface area contributed by atoms with Crippen molar-refractivity contribution in [3.63, 3.8) is 0 Å². The van der Waals surface area contributed by atoms with E-state index in [2.05, 4.69) is 67.2 Å². The molecule has 3 aromatic carbocycles. The van der Waals surface area contributed by atoms with Gasteiger partial charge in [0.05, 0.1) is 0 Å². The van der Waals surface area contributed by atoms with E-state index in [1.54, 1.807) is 36.4 Å². The molecule has 37 heavy (non-hydrogen) atoms. The molecule has 0 fully saturated rings. The fraction of sp³-hybridized carbons (Fsp3) is 0.294. The third-order valence-corrected chi connectivity index (χ3v) is 7.98. The molecule has 0 aliphatic heterocycles. The topological polar surface area (TPSA) is 60.7 Å². The highest BCUT2D eigenvalue weighted by molar-refractivity contribution is 5.51. The van der Waals surface area contributed by atoms with Crippen LogP contribution in [0.1, 0.15) is 65.2 Å². The van der Waals surface area contributed by atoms with Crippen LogP contribution in [0.15, 0.2) is 108 Å². The van der Waals surface area contributed by atoms with Gasteiger partial charge in [-0.05, 0) is 71.2 Å². The van der Waals surface area contributed by atoms with E-state index in [9.17, 15) is 15.3 Å².